The number of aryl methyl sites for hydroxylation is 1. The summed E-state index contributed by atoms with van der Waals surface area (Å²) in [5, 5.41) is 24.0. The quantitative estimate of drug-likeness (QED) is 0.676. The van der Waals surface area contributed by atoms with Gasteiger partial charge in [-0.05, 0) is 73.6 Å². The fourth-order valence-corrected chi connectivity index (χ4v) is 4.24. The lowest BCUT2D eigenvalue weighted by Gasteiger charge is -2.36. The number of allylic oxidation sites excluding steroid dienone is 2. The molecule has 5 nitrogen and oxygen atoms in total. The molecule has 1 aromatic rings. The Morgan fingerprint density at radius 3 is 2.66 bits per heavy atom. The molecular weight excluding hydrogens is 380 g/mol. The molecule has 29 heavy (non-hydrogen) atoms. The van der Waals surface area contributed by atoms with Gasteiger partial charge in [0.15, 0.2) is 0 Å². The SMILES string of the molecule is O[C@H](CNC[C@H](O)C1CCc2cc(F)ccc2O1)C1CCC2=CC(F)=CCC2O1. The molecule has 0 aromatic heterocycles. The van der Waals surface area contributed by atoms with Gasteiger partial charge in [0.2, 0.25) is 0 Å². The van der Waals surface area contributed by atoms with Crippen LogP contribution in [0.2, 0.25) is 0 Å². The van der Waals surface area contributed by atoms with Crippen LogP contribution in [-0.4, -0.2) is 53.8 Å². The molecule has 1 aliphatic carbocycles. The van der Waals surface area contributed by atoms with Gasteiger partial charge in [0.25, 0.3) is 0 Å². The molecule has 2 aliphatic heterocycles. The van der Waals surface area contributed by atoms with E-state index < -0.39 is 12.2 Å². The van der Waals surface area contributed by atoms with Crippen LogP contribution in [0.1, 0.15) is 31.2 Å². The molecule has 2 heterocycles. The van der Waals surface area contributed by atoms with Crippen LogP contribution < -0.4 is 10.1 Å². The molecule has 5 atom stereocenters. The van der Waals surface area contributed by atoms with E-state index in [0.29, 0.717) is 37.9 Å². The number of halogens is 2. The Morgan fingerprint density at radius 2 is 1.83 bits per heavy atom. The molecule has 1 saturated heterocycles. The molecule has 7 heteroatoms. The molecule has 158 valence electrons. The van der Waals surface area contributed by atoms with Crippen LogP contribution >= 0.6 is 0 Å². The highest BCUT2D eigenvalue weighted by Gasteiger charge is 2.32. The zero-order chi connectivity index (χ0) is 20.4. The van der Waals surface area contributed by atoms with Crippen molar-refractivity contribution in [1.82, 2.24) is 5.32 Å². The highest BCUT2D eigenvalue weighted by Crippen LogP contribution is 2.33. The number of aliphatic hydroxyl groups excluding tert-OH is 2. The first-order chi connectivity index (χ1) is 14.0. The van der Waals surface area contributed by atoms with E-state index in [2.05, 4.69) is 5.32 Å². The van der Waals surface area contributed by atoms with Gasteiger partial charge in [-0.3, -0.25) is 0 Å². The van der Waals surface area contributed by atoms with Gasteiger partial charge in [-0.1, -0.05) is 0 Å². The van der Waals surface area contributed by atoms with Gasteiger partial charge in [0.1, 0.15) is 29.6 Å². The van der Waals surface area contributed by atoms with Crippen LogP contribution in [0, 0.1) is 5.82 Å². The fourth-order valence-electron chi connectivity index (χ4n) is 4.24. The number of ether oxygens (including phenoxy) is 2. The summed E-state index contributed by atoms with van der Waals surface area (Å²) in [6, 6.07) is 4.41. The Labute approximate surface area is 169 Å². The fraction of sp³-hybridized carbons (Fsp3) is 0.545. The predicted octanol–water partition coefficient (Wildman–Crippen LogP) is 2.56. The third-order valence-corrected chi connectivity index (χ3v) is 5.88. The number of aliphatic hydroxyl groups is 2. The zero-order valence-corrected chi connectivity index (χ0v) is 16.2. The van der Waals surface area contributed by atoms with Crippen molar-refractivity contribution in [3.63, 3.8) is 0 Å². The summed E-state index contributed by atoms with van der Waals surface area (Å²) in [6.45, 7) is 0.555. The van der Waals surface area contributed by atoms with Gasteiger partial charge in [-0.25, -0.2) is 8.78 Å². The van der Waals surface area contributed by atoms with E-state index in [1.165, 1.54) is 24.3 Å². The van der Waals surface area contributed by atoms with Gasteiger partial charge in [0, 0.05) is 13.1 Å². The second-order valence-corrected chi connectivity index (χ2v) is 7.99. The minimum Gasteiger partial charge on any atom is -0.487 e. The molecular formula is C22H27F2NO4. The lowest BCUT2D eigenvalue weighted by molar-refractivity contribution is -0.0831. The van der Waals surface area contributed by atoms with Crippen molar-refractivity contribution >= 4 is 0 Å². The summed E-state index contributed by atoms with van der Waals surface area (Å²) < 4.78 is 38.3. The average Bonchev–Trinajstić information content (AvgIpc) is 2.72. The Kier molecular flexibility index (Phi) is 6.29. The molecule has 4 rings (SSSR count). The molecule has 3 N–H and O–H groups in total. The maximum absolute atomic E-state index is 13.3. The van der Waals surface area contributed by atoms with Crippen molar-refractivity contribution in [2.75, 3.05) is 13.1 Å². The van der Waals surface area contributed by atoms with Gasteiger partial charge in [-0.15, -0.1) is 0 Å². The second kappa shape index (κ2) is 8.92. The highest BCUT2D eigenvalue weighted by atomic mass is 19.1. The summed E-state index contributed by atoms with van der Waals surface area (Å²) in [5.74, 6) is 0.107. The molecule has 0 amide bonds. The number of hydrogen-bond acceptors (Lipinski definition) is 5. The van der Waals surface area contributed by atoms with Crippen molar-refractivity contribution < 1.29 is 28.5 Å². The lowest BCUT2D eigenvalue weighted by atomic mass is 9.90. The molecule has 0 radical (unpaired) electrons. The third-order valence-electron chi connectivity index (χ3n) is 5.88. The number of benzene rings is 1. The Bertz CT molecular complexity index is 797. The monoisotopic (exact) mass is 407 g/mol. The Morgan fingerprint density at radius 1 is 1.07 bits per heavy atom. The first-order valence-electron chi connectivity index (χ1n) is 10.2. The summed E-state index contributed by atoms with van der Waals surface area (Å²) in [5.41, 5.74) is 1.77. The predicted molar refractivity (Wildman–Crippen MR) is 104 cm³/mol. The number of hydrogen-bond donors (Lipinski definition) is 3. The van der Waals surface area contributed by atoms with Gasteiger partial charge >= 0.3 is 0 Å². The first kappa shape index (κ1) is 20.5. The van der Waals surface area contributed by atoms with E-state index in [9.17, 15) is 19.0 Å². The maximum Gasteiger partial charge on any atom is 0.126 e. The van der Waals surface area contributed by atoms with E-state index in [1.807, 2.05) is 0 Å². The molecule has 0 bridgehead atoms. The van der Waals surface area contributed by atoms with E-state index in [1.54, 1.807) is 6.07 Å². The average molecular weight is 407 g/mol. The molecule has 3 aliphatic rings. The number of rotatable bonds is 6. The zero-order valence-electron chi connectivity index (χ0n) is 16.2. The van der Waals surface area contributed by atoms with Crippen LogP contribution in [0.3, 0.4) is 0 Å². The van der Waals surface area contributed by atoms with E-state index in [-0.39, 0.29) is 43.0 Å². The van der Waals surface area contributed by atoms with Crippen LogP contribution in [0.25, 0.3) is 0 Å². The van der Waals surface area contributed by atoms with Crippen molar-refractivity contribution in [1.29, 1.82) is 0 Å². The van der Waals surface area contributed by atoms with Crippen molar-refractivity contribution in [2.45, 2.75) is 62.6 Å². The summed E-state index contributed by atoms with van der Waals surface area (Å²) >= 11 is 0. The van der Waals surface area contributed by atoms with E-state index in [4.69, 9.17) is 9.47 Å². The van der Waals surface area contributed by atoms with Crippen molar-refractivity contribution in [3.05, 3.63) is 53.1 Å². The van der Waals surface area contributed by atoms with E-state index in [0.717, 1.165) is 11.1 Å². The Hall–Kier alpha value is -1.80. The molecule has 1 fully saturated rings. The summed E-state index contributed by atoms with van der Waals surface area (Å²) in [6.07, 6.45) is 3.84. The molecule has 3 unspecified atom stereocenters. The van der Waals surface area contributed by atoms with Crippen LogP contribution in [0.4, 0.5) is 8.78 Å². The Balaban J connectivity index is 1.21. The standard InChI is InChI=1S/C22H27F2NO4/c23-15-3-7-19-13(9-15)1-5-21(28-19)17(26)11-25-12-18(27)22-6-2-14-10-16(24)4-8-20(14)29-22/h3-4,7,9-10,17-18,20-22,25-27H,1-2,5-6,8,11-12H2/t17-,18+,20?,21?,22?/m0/s1. The largest absolute Gasteiger partial charge is 0.487 e. The van der Waals surface area contributed by atoms with Gasteiger partial charge in [-0.2, -0.15) is 0 Å². The summed E-state index contributed by atoms with van der Waals surface area (Å²) in [7, 11) is 0. The smallest absolute Gasteiger partial charge is 0.126 e. The molecule has 0 saturated carbocycles. The topological polar surface area (TPSA) is 71.0 Å². The van der Waals surface area contributed by atoms with Crippen molar-refractivity contribution in [2.24, 2.45) is 0 Å². The van der Waals surface area contributed by atoms with Crippen LogP contribution in [0.5, 0.6) is 5.75 Å². The van der Waals surface area contributed by atoms with E-state index >= 15 is 0 Å². The van der Waals surface area contributed by atoms with Crippen LogP contribution in [-0.2, 0) is 11.2 Å². The molecule has 0 spiro atoms. The molecule has 1 aromatic carbocycles. The van der Waals surface area contributed by atoms with Gasteiger partial charge in [0.05, 0.1) is 18.3 Å². The number of fused-ring (bicyclic) bond motifs is 2. The lowest BCUT2D eigenvalue weighted by Crippen LogP contribution is -2.46. The second-order valence-electron chi connectivity index (χ2n) is 7.99. The maximum atomic E-state index is 13.3. The van der Waals surface area contributed by atoms with Crippen LogP contribution in [0.15, 0.2) is 41.8 Å². The van der Waals surface area contributed by atoms with Crippen molar-refractivity contribution in [3.8, 4) is 5.75 Å². The first-order valence-corrected chi connectivity index (χ1v) is 10.2. The third kappa shape index (κ3) is 4.86. The minimum atomic E-state index is -0.742. The summed E-state index contributed by atoms with van der Waals surface area (Å²) in [4.78, 5) is 0. The minimum absolute atomic E-state index is 0.158. The van der Waals surface area contributed by atoms with Gasteiger partial charge < -0.3 is 25.0 Å². The highest BCUT2D eigenvalue weighted by molar-refractivity contribution is 5.36. The normalized spacial score (nSPS) is 28.3. The number of nitrogens with one attached hydrogen (secondary N) is 1.